The molecule has 19 heavy (non-hydrogen) atoms. The Morgan fingerprint density at radius 2 is 2.21 bits per heavy atom. The molecule has 0 amide bonds. The maximum atomic E-state index is 11.1. The van der Waals surface area contributed by atoms with Gasteiger partial charge in [-0.25, -0.2) is 9.97 Å². The average molecular weight is 263 g/mol. The minimum atomic E-state index is -0.725. The van der Waals surface area contributed by atoms with E-state index in [0.29, 0.717) is 12.5 Å². The molecule has 2 rings (SSSR count). The molecule has 1 unspecified atom stereocenters. The summed E-state index contributed by atoms with van der Waals surface area (Å²) in [6.07, 6.45) is 3.37. The lowest BCUT2D eigenvalue weighted by atomic mass is 9.92. The summed E-state index contributed by atoms with van der Waals surface area (Å²) in [6.45, 7) is 7.65. The molecule has 1 aromatic heterocycles. The highest BCUT2D eigenvalue weighted by Crippen LogP contribution is 2.24. The zero-order chi connectivity index (χ0) is 14.0. The van der Waals surface area contributed by atoms with Gasteiger partial charge in [0, 0.05) is 24.7 Å². The van der Waals surface area contributed by atoms with Crippen LogP contribution in [0.4, 0.5) is 5.95 Å². The number of rotatable bonds is 2. The number of carbonyl (C=O) groups is 1. The first-order chi connectivity index (χ1) is 8.88. The predicted molar refractivity (Wildman–Crippen MR) is 73.3 cm³/mol. The second-order valence-electron chi connectivity index (χ2n) is 6.12. The summed E-state index contributed by atoms with van der Waals surface area (Å²) in [4.78, 5) is 21.9. The molecule has 5 heteroatoms. The van der Waals surface area contributed by atoms with Crippen molar-refractivity contribution in [3.05, 3.63) is 18.0 Å². The molecule has 0 aromatic carbocycles. The summed E-state index contributed by atoms with van der Waals surface area (Å²) >= 11 is 0. The van der Waals surface area contributed by atoms with Gasteiger partial charge in [0.15, 0.2) is 0 Å². The van der Waals surface area contributed by atoms with Crippen molar-refractivity contribution >= 4 is 11.9 Å². The van der Waals surface area contributed by atoms with Gasteiger partial charge < -0.3 is 10.0 Å². The van der Waals surface area contributed by atoms with Crippen molar-refractivity contribution in [2.45, 2.75) is 39.0 Å². The second-order valence-corrected chi connectivity index (χ2v) is 6.12. The van der Waals surface area contributed by atoms with Crippen molar-refractivity contribution < 1.29 is 9.90 Å². The Labute approximate surface area is 113 Å². The highest BCUT2D eigenvalue weighted by molar-refractivity contribution is 5.71. The largest absolute Gasteiger partial charge is 0.481 e. The fourth-order valence-electron chi connectivity index (χ4n) is 2.28. The quantitative estimate of drug-likeness (QED) is 0.884. The van der Waals surface area contributed by atoms with Gasteiger partial charge in [0.1, 0.15) is 0 Å². The van der Waals surface area contributed by atoms with Gasteiger partial charge in [-0.3, -0.25) is 4.79 Å². The lowest BCUT2D eigenvalue weighted by Gasteiger charge is -2.31. The SMILES string of the molecule is CC(C)(C)c1ccnc(N2CCCC(C(=O)O)C2)n1. The minimum Gasteiger partial charge on any atom is -0.481 e. The van der Waals surface area contributed by atoms with E-state index in [2.05, 4.69) is 30.7 Å². The van der Waals surface area contributed by atoms with E-state index in [1.165, 1.54) is 0 Å². The van der Waals surface area contributed by atoms with Crippen molar-refractivity contribution in [3.63, 3.8) is 0 Å². The molecule has 1 aliphatic rings. The lowest BCUT2D eigenvalue weighted by molar-refractivity contribution is -0.141. The number of aromatic nitrogens is 2. The second kappa shape index (κ2) is 5.15. The fourth-order valence-corrected chi connectivity index (χ4v) is 2.28. The number of aliphatic carboxylic acids is 1. The maximum absolute atomic E-state index is 11.1. The number of piperidine rings is 1. The molecule has 0 spiro atoms. The van der Waals surface area contributed by atoms with Crippen LogP contribution < -0.4 is 4.90 Å². The third kappa shape index (κ3) is 3.22. The van der Waals surface area contributed by atoms with Crippen molar-refractivity contribution in [1.29, 1.82) is 0 Å². The summed E-state index contributed by atoms with van der Waals surface area (Å²) in [5.41, 5.74) is 0.953. The van der Waals surface area contributed by atoms with Crippen LogP contribution in [-0.2, 0) is 10.2 Å². The van der Waals surface area contributed by atoms with E-state index in [9.17, 15) is 4.79 Å². The molecule has 1 saturated heterocycles. The van der Waals surface area contributed by atoms with E-state index >= 15 is 0 Å². The zero-order valence-electron chi connectivity index (χ0n) is 11.8. The van der Waals surface area contributed by atoms with E-state index < -0.39 is 5.97 Å². The molecule has 1 aliphatic heterocycles. The molecule has 0 bridgehead atoms. The normalized spacial score (nSPS) is 20.4. The standard InChI is InChI=1S/C14H21N3O2/c1-14(2,3)11-6-7-15-13(16-11)17-8-4-5-10(9-17)12(18)19/h6-7,10H,4-5,8-9H2,1-3H3,(H,18,19). The number of hydrogen-bond donors (Lipinski definition) is 1. The van der Waals surface area contributed by atoms with Crippen LogP contribution in [0.25, 0.3) is 0 Å². The lowest BCUT2D eigenvalue weighted by Crippen LogP contribution is -2.39. The molecule has 1 N–H and O–H groups in total. The van der Waals surface area contributed by atoms with Gasteiger partial charge in [0.05, 0.1) is 11.6 Å². The van der Waals surface area contributed by atoms with Crippen LogP contribution in [0.15, 0.2) is 12.3 Å². The van der Waals surface area contributed by atoms with Crippen LogP contribution >= 0.6 is 0 Å². The zero-order valence-corrected chi connectivity index (χ0v) is 11.8. The number of anilines is 1. The molecule has 0 radical (unpaired) electrons. The Balaban J connectivity index is 2.20. The topological polar surface area (TPSA) is 66.3 Å². The van der Waals surface area contributed by atoms with E-state index in [1.54, 1.807) is 6.20 Å². The molecule has 1 aromatic rings. The van der Waals surface area contributed by atoms with Crippen LogP contribution in [0.5, 0.6) is 0 Å². The predicted octanol–water partition coefficient (Wildman–Crippen LogP) is 2.08. The highest BCUT2D eigenvalue weighted by Gasteiger charge is 2.27. The Bertz CT molecular complexity index is 468. The third-order valence-electron chi connectivity index (χ3n) is 3.46. The number of carboxylic acid groups (broad SMARTS) is 1. The Hall–Kier alpha value is -1.65. The van der Waals surface area contributed by atoms with Gasteiger partial charge in [-0.2, -0.15) is 0 Å². The monoisotopic (exact) mass is 263 g/mol. The first-order valence-electron chi connectivity index (χ1n) is 6.69. The van der Waals surface area contributed by atoms with Crippen LogP contribution in [-0.4, -0.2) is 34.1 Å². The summed E-state index contributed by atoms with van der Waals surface area (Å²) in [5.74, 6) is -0.384. The van der Waals surface area contributed by atoms with Crippen LogP contribution in [0.3, 0.4) is 0 Å². The van der Waals surface area contributed by atoms with Crippen LogP contribution in [0.2, 0.25) is 0 Å². The van der Waals surface area contributed by atoms with Crippen molar-refractivity contribution in [1.82, 2.24) is 9.97 Å². The number of hydrogen-bond acceptors (Lipinski definition) is 4. The van der Waals surface area contributed by atoms with E-state index in [-0.39, 0.29) is 11.3 Å². The molecule has 2 heterocycles. The van der Waals surface area contributed by atoms with Gasteiger partial charge >= 0.3 is 5.97 Å². The summed E-state index contributed by atoms with van der Waals surface area (Å²) < 4.78 is 0. The van der Waals surface area contributed by atoms with Gasteiger partial charge in [-0.15, -0.1) is 0 Å². The maximum Gasteiger partial charge on any atom is 0.308 e. The first kappa shape index (κ1) is 13.8. The Morgan fingerprint density at radius 3 is 2.84 bits per heavy atom. The van der Waals surface area contributed by atoms with Gasteiger partial charge in [0.25, 0.3) is 0 Å². The van der Waals surface area contributed by atoms with Crippen molar-refractivity contribution in [2.75, 3.05) is 18.0 Å². The minimum absolute atomic E-state index is 0.0281. The van der Waals surface area contributed by atoms with Crippen molar-refractivity contribution in [2.24, 2.45) is 5.92 Å². The molecular weight excluding hydrogens is 242 g/mol. The molecule has 104 valence electrons. The molecule has 5 nitrogen and oxygen atoms in total. The fraction of sp³-hybridized carbons (Fsp3) is 0.643. The highest BCUT2D eigenvalue weighted by atomic mass is 16.4. The molecule has 1 atom stereocenters. The van der Waals surface area contributed by atoms with Crippen LogP contribution in [0.1, 0.15) is 39.3 Å². The molecule has 0 saturated carbocycles. The summed E-state index contributed by atoms with van der Waals surface area (Å²) in [6, 6.07) is 1.92. The number of nitrogens with zero attached hydrogens (tertiary/aromatic N) is 3. The molecule has 0 aliphatic carbocycles. The van der Waals surface area contributed by atoms with E-state index in [1.807, 2.05) is 11.0 Å². The summed E-state index contributed by atoms with van der Waals surface area (Å²) in [7, 11) is 0. The van der Waals surface area contributed by atoms with Crippen molar-refractivity contribution in [3.8, 4) is 0 Å². The average Bonchev–Trinajstić information content (AvgIpc) is 2.38. The number of carboxylic acids is 1. The first-order valence-corrected chi connectivity index (χ1v) is 6.69. The summed E-state index contributed by atoms with van der Waals surface area (Å²) in [5, 5.41) is 9.12. The van der Waals surface area contributed by atoms with E-state index in [4.69, 9.17) is 5.11 Å². The van der Waals surface area contributed by atoms with Gasteiger partial charge in [-0.1, -0.05) is 20.8 Å². The smallest absolute Gasteiger partial charge is 0.308 e. The van der Waals surface area contributed by atoms with Gasteiger partial charge in [-0.05, 0) is 18.9 Å². The molecular formula is C14H21N3O2. The third-order valence-corrected chi connectivity index (χ3v) is 3.46. The van der Waals surface area contributed by atoms with Gasteiger partial charge in [0.2, 0.25) is 5.95 Å². The Morgan fingerprint density at radius 1 is 1.47 bits per heavy atom. The van der Waals surface area contributed by atoms with Crippen LogP contribution in [0, 0.1) is 5.92 Å². The molecule has 1 fully saturated rings. The van der Waals surface area contributed by atoms with E-state index in [0.717, 1.165) is 25.1 Å². The Kier molecular flexibility index (Phi) is 3.73.